The lowest BCUT2D eigenvalue weighted by Crippen LogP contribution is -2.50. The third-order valence-corrected chi connectivity index (χ3v) is 2.80. The second-order valence-electron chi connectivity index (χ2n) is 3.87. The molecule has 0 aromatic carbocycles. The zero-order chi connectivity index (χ0) is 13.6. The van der Waals surface area contributed by atoms with Crippen molar-refractivity contribution in [1.82, 2.24) is 10.3 Å². The molecule has 0 amide bonds. The van der Waals surface area contributed by atoms with Gasteiger partial charge in [-0.3, -0.25) is 10.3 Å². The number of nitrogens with one attached hydrogen (secondary N) is 1. The first-order valence-corrected chi connectivity index (χ1v) is 6.15. The lowest BCUT2D eigenvalue weighted by molar-refractivity contribution is -0.152. The standard InChI is InChI=1S/C13H19FN2O2/c1-4-13(16-5-2,12(17)18-6-3)11-8-7-10(14)9-15-11/h7-9,16H,4-6H2,1-3H3. The van der Waals surface area contributed by atoms with Crippen LogP contribution in [-0.4, -0.2) is 24.1 Å². The van der Waals surface area contributed by atoms with Crippen molar-refractivity contribution >= 4 is 5.97 Å². The second-order valence-corrected chi connectivity index (χ2v) is 3.87. The summed E-state index contributed by atoms with van der Waals surface area (Å²) in [5.74, 6) is -0.808. The molecule has 1 aromatic rings. The topological polar surface area (TPSA) is 51.2 Å². The van der Waals surface area contributed by atoms with Crippen LogP contribution in [0, 0.1) is 5.82 Å². The largest absolute Gasteiger partial charge is 0.464 e. The Morgan fingerprint density at radius 3 is 2.61 bits per heavy atom. The molecule has 5 heteroatoms. The number of nitrogens with zero attached hydrogens (tertiary/aromatic N) is 1. The molecule has 0 saturated heterocycles. The molecule has 1 atom stereocenters. The number of ether oxygens (including phenoxy) is 1. The number of pyridine rings is 1. The first-order valence-electron chi connectivity index (χ1n) is 6.15. The molecule has 0 spiro atoms. The van der Waals surface area contributed by atoms with E-state index in [9.17, 15) is 9.18 Å². The lowest BCUT2D eigenvalue weighted by atomic mass is 9.91. The number of rotatable bonds is 6. The second kappa shape index (κ2) is 6.44. The Hall–Kier alpha value is -1.49. The number of aromatic nitrogens is 1. The Bertz CT molecular complexity index is 394. The molecule has 1 aromatic heterocycles. The van der Waals surface area contributed by atoms with Gasteiger partial charge >= 0.3 is 5.97 Å². The highest BCUT2D eigenvalue weighted by molar-refractivity contribution is 5.82. The van der Waals surface area contributed by atoms with Gasteiger partial charge in [0.05, 0.1) is 18.5 Å². The van der Waals surface area contributed by atoms with Gasteiger partial charge in [-0.15, -0.1) is 0 Å². The molecule has 0 fully saturated rings. The Balaban J connectivity index is 3.17. The number of esters is 1. The van der Waals surface area contributed by atoms with Crippen LogP contribution in [0.5, 0.6) is 0 Å². The zero-order valence-electron chi connectivity index (χ0n) is 11.0. The van der Waals surface area contributed by atoms with E-state index in [1.807, 2.05) is 13.8 Å². The Labute approximate surface area is 107 Å². The summed E-state index contributed by atoms with van der Waals surface area (Å²) in [6, 6.07) is 2.81. The van der Waals surface area contributed by atoms with Crippen LogP contribution in [0.25, 0.3) is 0 Å². The summed E-state index contributed by atoms with van der Waals surface area (Å²) in [5, 5.41) is 3.11. The summed E-state index contributed by atoms with van der Waals surface area (Å²) in [6.45, 7) is 6.40. The van der Waals surface area contributed by atoms with Crippen molar-refractivity contribution in [3.8, 4) is 0 Å². The number of carbonyl (C=O) groups excluding carboxylic acids is 1. The highest BCUT2D eigenvalue weighted by Gasteiger charge is 2.40. The van der Waals surface area contributed by atoms with Crippen LogP contribution in [0.1, 0.15) is 32.9 Å². The van der Waals surface area contributed by atoms with Crippen LogP contribution < -0.4 is 5.32 Å². The van der Waals surface area contributed by atoms with Crippen LogP contribution in [0.15, 0.2) is 18.3 Å². The lowest BCUT2D eigenvalue weighted by Gasteiger charge is -2.30. The fourth-order valence-corrected chi connectivity index (χ4v) is 1.90. The zero-order valence-corrected chi connectivity index (χ0v) is 11.0. The van der Waals surface area contributed by atoms with Crippen molar-refractivity contribution in [2.24, 2.45) is 0 Å². The van der Waals surface area contributed by atoms with Crippen LogP contribution in [0.3, 0.4) is 0 Å². The van der Waals surface area contributed by atoms with Gasteiger partial charge in [-0.25, -0.2) is 9.18 Å². The fraction of sp³-hybridized carbons (Fsp3) is 0.538. The summed E-state index contributed by atoms with van der Waals surface area (Å²) in [4.78, 5) is 16.2. The molecular weight excluding hydrogens is 235 g/mol. The van der Waals surface area contributed by atoms with Gasteiger partial charge in [0.1, 0.15) is 5.82 Å². The van der Waals surface area contributed by atoms with Gasteiger partial charge in [-0.05, 0) is 32.0 Å². The predicted octanol–water partition coefficient (Wildman–Crippen LogP) is 2.00. The molecule has 4 nitrogen and oxygen atoms in total. The van der Waals surface area contributed by atoms with E-state index in [0.717, 1.165) is 6.20 Å². The van der Waals surface area contributed by atoms with Gasteiger partial charge in [0, 0.05) is 0 Å². The van der Waals surface area contributed by atoms with E-state index in [-0.39, 0.29) is 5.97 Å². The molecule has 0 aliphatic heterocycles. The summed E-state index contributed by atoms with van der Waals surface area (Å²) in [6.07, 6.45) is 1.59. The van der Waals surface area contributed by atoms with Crippen molar-refractivity contribution in [1.29, 1.82) is 0 Å². The Kier molecular flexibility index (Phi) is 5.22. The molecule has 1 N–H and O–H groups in total. The maximum Gasteiger partial charge on any atom is 0.332 e. The summed E-state index contributed by atoms with van der Waals surface area (Å²) < 4.78 is 18.0. The monoisotopic (exact) mass is 254 g/mol. The van der Waals surface area contributed by atoms with Crippen LogP contribution in [0.4, 0.5) is 4.39 Å². The average molecular weight is 254 g/mol. The van der Waals surface area contributed by atoms with E-state index in [1.165, 1.54) is 12.1 Å². The van der Waals surface area contributed by atoms with Crippen molar-refractivity contribution < 1.29 is 13.9 Å². The van der Waals surface area contributed by atoms with E-state index in [1.54, 1.807) is 6.92 Å². The fourth-order valence-electron chi connectivity index (χ4n) is 1.90. The Morgan fingerprint density at radius 1 is 1.44 bits per heavy atom. The normalized spacial score (nSPS) is 14.0. The molecule has 0 aliphatic carbocycles. The molecule has 0 bridgehead atoms. The minimum Gasteiger partial charge on any atom is -0.464 e. The first kappa shape index (κ1) is 14.6. The predicted molar refractivity (Wildman–Crippen MR) is 66.5 cm³/mol. The van der Waals surface area contributed by atoms with E-state index in [0.29, 0.717) is 25.3 Å². The molecular formula is C13H19FN2O2. The number of halogens is 1. The van der Waals surface area contributed by atoms with Gasteiger partial charge in [0.15, 0.2) is 5.54 Å². The van der Waals surface area contributed by atoms with E-state index in [4.69, 9.17) is 4.74 Å². The third-order valence-electron chi connectivity index (χ3n) is 2.80. The Morgan fingerprint density at radius 2 is 2.17 bits per heavy atom. The van der Waals surface area contributed by atoms with E-state index >= 15 is 0 Å². The minimum atomic E-state index is -1.00. The molecule has 0 radical (unpaired) electrons. The van der Waals surface area contributed by atoms with Gasteiger partial charge < -0.3 is 4.74 Å². The number of hydrogen-bond acceptors (Lipinski definition) is 4. The number of hydrogen-bond donors (Lipinski definition) is 1. The summed E-state index contributed by atoms with van der Waals surface area (Å²) >= 11 is 0. The molecule has 0 aliphatic rings. The van der Waals surface area contributed by atoms with Crippen LogP contribution >= 0.6 is 0 Å². The summed E-state index contributed by atoms with van der Waals surface area (Å²) in [5.41, 5.74) is -0.523. The van der Waals surface area contributed by atoms with E-state index < -0.39 is 11.4 Å². The van der Waals surface area contributed by atoms with Gasteiger partial charge in [0.25, 0.3) is 0 Å². The summed E-state index contributed by atoms with van der Waals surface area (Å²) in [7, 11) is 0. The van der Waals surface area contributed by atoms with Crippen molar-refractivity contribution in [3.05, 3.63) is 29.8 Å². The maximum atomic E-state index is 12.9. The average Bonchev–Trinajstić information content (AvgIpc) is 2.37. The number of likely N-dealkylation sites (N-methyl/N-ethyl adjacent to an activating group) is 1. The van der Waals surface area contributed by atoms with Crippen LogP contribution in [0.2, 0.25) is 0 Å². The van der Waals surface area contributed by atoms with Gasteiger partial charge in [-0.1, -0.05) is 13.8 Å². The van der Waals surface area contributed by atoms with Crippen molar-refractivity contribution in [2.75, 3.05) is 13.2 Å². The van der Waals surface area contributed by atoms with Crippen LogP contribution in [-0.2, 0) is 15.1 Å². The van der Waals surface area contributed by atoms with Gasteiger partial charge in [0.2, 0.25) is 0 Å². The van der Waals surface area contributed by atoms with Crippen molar-refractivity contribution in [2.45, 2.75) is 32.7 Å². The molecule has 1 heterocycles. The number of carbonyl (C=O) groups is 1. The van der Waals surface area contributed by atoms with Gasteiger partial charge in [-0.2, -0.15) is 0 Å². The smallest absolute Gasteiger partial charge is 0.332 e. The van der Waals surface area contributed by atoms with Crippen molar-refractivity contribution in [3.63, 3.8) is 0 Å². The third kappa shape index (κ3) is 2.85. The molecule has 0 saturated carbocycles. The van der Waals surface area contributed by atoms with E-state index in [2.05, 4.69) is 10.3 Å². The molecule has 1 unspecified atom stereocenters. The first-order chi connectivity index (χ1) is 8.60. The maximum absolute atomic E-state index is 12.9. The quantitative estimate of drug-likeness (QED) is 0.789. The minimum absolute atomic E-state index is 0.299. The molecule has 18 heavy (non-hydrogen) atoms. The SMILES string of the molecule is CCNC(CC)(C(=O)OCC)c1ccc(F)cn1. The molecule has 1 rings (SSSR count). The highest BCUT2D eigenvalue weighted by Crippen LogP contribution is 2.25. The molecule has 100 valence electrons. The highest BCUT2D eigenvalue weighted by atomic mass is 19.1.